The number of ether oxygens (including phenoxy) is 3. The molecule has 1 aromatic heterocycles. The van der Waals surface area contributed by atoms with Crippen molar-refractivity contribution < 1.29 is 23.8 Å². The van der Waals surface area contributed by atoms with Gasteiger partial charge in [-0.3, -0.25) is 19.5 Å². The molecule has 1 fully saturated rings. The Kier molecular flexibility index (Phi) is 11.8. The summed E-state index contributed by atoms with van der Waals surface area (Å²) in [5, 5.41) is 2.89. The van der Waals surface area contributed by atoms with Crippen LogP contribution in [0.15, 0.2) is 18.5 Å². The van der Waals surface area contributed by atoms with Crippen LogP contribution in [0.1, 0.15) is 70.0 Å². The van der Waals surface area contributed by atoms with Crippen LogP contribution in [0.4, 0.5) is 0 Å². The lowest BCUT2D eigenvalue weighted by Crippen LogP contribution is -2.29. The molecular formula is C25H41N3O5. The molecule has 0 spiro atoms. The minimum absolute atomic E-state index is 0.0202. The maximum absolute atomic E-state index is 11.9. The molecule has 8 heteroatoms. The number of carbonyl (C=O) groups is 2. The second kappa shape index (κ2) is 14.3. The van der Waals surface area contributed by atoms with Crippen molar-refractivity contribution in [3.8, 4) is 0 Å². The van der Waals surface area contributed by atoms with E-state index >= 15 is 0 Å². The number of pyridine rings is 1. The minimum Gasteiger partial charge on any atom is -0.460 e. The summed E-state index contributed by atoms with van der Waals surface area (Å²) in [6.45, 7) is 8.51. The normalized spacial score (nSPS) is 16.7. The fourth-order valence-corrected chi connectivity index (χ4v) is 3.83. The van der Waals surface area contributed by atoms with Gasteiger partial charge >= 0.3 is 5.97 Å². The zero-order valence-corrected chi connectivity index (χ0v) is 20.7. The summed E-state index contributed by atoms with van der Waals surface area (Å²) in [6, 6.07) is 2.72. The van der Waals surface area contributed by atoms with Crippen LogP contribution in [0.3, 0.4) is 0 Å². The highest BCUT2D eigenvalue weighted by Gasteiger charge is 2.22. The van der Waals surface area contributed by atoms with Crippen molar-refractivity contribution in [3.05, 3.63) is 29.6 Å². The van der Waals surface area contributed by atoms with Gasteiger partial charge in [0.1, 0.15) is 12.2 Å². The van der Waals surface area contributed by atoms with Crippen LogP contribution in [0.5, 0.6) is 0 Å². The van der Waals surface area contributed by atoms with E-state index in [0.717, 1.165) is 19.4 Å². The van der Waals surface area contributed by atoms with Gasteiger partial charge in [0, 0.05) is 38.0 Å². The summed E-state index contributed by atoms with van der Waals surface area (Å²) in [5.74, 6) is -0.344. The first-order valence-electron chi connectivity index (χ1n) is 12.0. The predicted octanol–water partition coefficient (Wildman–Crippen LogP) is 3.05. The Labute approximate surface area is 198 Å². The molecule has 0 aromatic carbocycles. The van der Waals surface area contributed by atoms with Crippen molar-refractivity contribution in [2.75, 3.05) is 46.6 Å². The maximum Gasteiger partial charge on any atom is 0.306 e. The first-order valence-corrected chi connectivity index (χ1v) is 12.0. The third kappa shape index (κ3) is 11.6. The van der Waals surface area contributed by atoms with E-state index in [1.165, 1.54) is 24.0 Å². The SMILES string of the molecule is CN1CCC[C@H]1c1cncc(CCCNC(=O)COCCOCCCC(=O)OC(C)(C)C)c1. The molecule has 0 bridgehead atoms. The molecule has 1 amide bonds. The van der Waals surface area contributed by atoms with E-state index in [9.17, 15) is 9.59 Å². The number of amides is 1. The topological polar surface area (TPSA) is 90.0 Å². The molecule has 0 saturated carbocycles. The van der Waals surface area contributed by atoms with E-state index in [1.54, 1.807) is 0 Å². The van der Waals surface area contributed by atoms with Crippen LogP contribution >= 0.6 is 0 Å². The maximum atomic E-state index is 11.9. The van der Waals surface area contributed by atoms with Crippen LogP contribution in [0, 0.1) is 0 Å². The largest absolute Gasteiger partial charge is 0.460 e. The number of likely N-dealkylation sites (tertiary alicyclic amines) is 1. The lowest BCUT2D eigenvalue weighted by molar-refractivity contribution is -0.155. The fraction of sp³-hybridized carbons (Fsp3) is 0.720. The highest BCUT2D eigenvalue weighted by Crippen LogP contribution is 2.30. The van der Waals surface area contributed by atoms with Gasteiger partial charge in [-0.2, -0.15) is 0 Å². The van der Waals surface area contributed by atoms with E-state index in [0.29, 0.717) is 45.2 Å². The van der Waals surface area contributed by atoms with Gasteiger partial charge in [0.15, 0.2) is 0 Å². The number of carbonyl (C=O) groups excluding carboxylic acids is 2. The Morgan fingerprint density at radius 2 is 1.94 bits per heavy atom. The van der Waals surface area contributed by atoms with E-state index in [1.807, 2.05) is 33.2 Å². The van der Waals surface area contributed by atoms with Gasteiger partial charge in [-0.1, -0.05) is 6.07 Å². The molecular weight excluding hydrogens is 422 g/mol. The first kappa shape index (κ1) is 27.2. The van der Waals surface area contributed by atoms with E-state index in [4.69, 9.17) is 14.2 Å². The second-order valence-electron chi connectivity index (χ2n) is 9.57. The Morgan fingerprint density at radius 3 is 2.67 bits per heavy atom. The van der Waals surface area contributed by atoms with E-state index in [2.05, 4.69) is 28.3 Å². The summed E-state index contributed by atoms with van der Waals surface area (Å²) in [6.07, 6.45) is 8.99. The second-order valence-corrected chi connectivity index (χ2v) is 9.57. The van der Waals surface area contributed by atoms with Gasteiger partial charge in [0.05, 0.1) is 13.2 Å². The van der Waals surface area contributed by atoms with Crippen LogP contribution in [0.25, 0.3) is 0 Å². The molecule has 1 saturated heterocycles. The predicted molar refractivity (Wildman–Crippen MR) is 127 cm³/mol. The molecule has 1 atom stereocenters. The van der Waals surface area contributed by atoms with Crippen LogP contribution in [-0.2, 0) is 30.2 Å². The number of esters is 1. The summed E-state index contributed by atoms with van der Waals surface area (Å²) in [7, 11) is 2.17. The van der Waals surface area contributed by atoms with Crippen LogP contribution < -0.4 is 5.32 Å². The van der Waals surface area contributed by atoms with Crippen LogP contribution in [0.2, 0.25) is 0 Å². The number of rotatable bonds is 14. The molecule has 2 rings (SSSR count). The van der Waals surface area contributed by atoms with Gasteiger partial charge in [0.2, 0.25) is 5.91 Å². The molecule has 1 aromatic rings. The molecule has 0 aliphatic carbocycles. The first-order chi connectivity index (χ1) is 15.7. The molecule has 1 aliphatic heterocycles. The van der Waals surface area contributed by atoms with Gasteiger partial charge in [-0.25, -0.2) is 0 Å². The molecule has 8 nitrogen and oxygen atoms in total. The van der Waals surface area contributed by atoms with Crippen molar-refractivity contribution in [3.63, 3.8) is 0 Å². The third-order valence-electron chi connectivity index (χ3n) is 5.38. The van der Waals surface area contributed by atoms with Crippen molar-refractivity contribution in [2.24, 2.45) is 0 Å². The Balaban J connectivity index is 1.46. The fourth-order valence-electron chi connectivity index (χ4n) is 3.83. The quantitative estimate of drug-likeness (QED) is 0.335. The average molecular weight is 464 g/mol. The van der Waals surface area contributed by atoms with Crippen molar-refractivity contribution in [2.45, 2.75) is 70.9 Å². The zero-order chi connectivity index (χ0) is 24.1. The van der Waals surface area contributed by atoms with E-state index in [-0.39, 0.29) is 18.5 Å². The number of hydrogen-bond donors (Lipinski definition) is 1. The molecule has 0 radical (unpaired) electrons. The minimum atomic E-state index is -0.457. The van der Waals surface area contributed by atoms with Crippen LogP contribution in [-0.4, -0.2) is 73.9 Å². The van der Waals surface area contributed by atoms with Crippen molar-refractivity contribution in [1.29, 1.82) is 0 Å². The van der Waals surface area contributed by atoms with Gasteiger partial charge < -0.3 is 19.5 Å². The number of aromatic nitrogens is 1. The molecule has 1 N–H and O–H groups in total. The standard InChI is InChI=1S/C25H41N3O5/c1-25(2,3)33-24(30)10-7-13-31-14-15-32-19-23(29)27-11-5-8-20-16-21(18-26-17-20)22-9-6-12-28(22)4/h16-18,22H,5-15,19H2,1-4H3,(H,27,29)/t22-/m0/s1. The molecule has 1 aliphatic rings. The average Bonchev–Trinajstić information content (AvgIpc) is 3.18. The summed E-state index contributed by atoms with van der Waals surface area (Å²) < 4.78 is 16.0. The zero-order valence-electron chi connectivity index (χ0n) is 20.7. The smallest absolute Gasteiger partial charge is 0.306 e. The highest BCUT2D eigenvalue weighted by atomic mass is 16.6. The lowest BCUT2D eigenvalue weighted by atomic mass is 10.0. The number of aryl methyl sites for hydroxylation is 1. The van der Waals surface area contributed by atoms with Crippen molar-refractivity contribution >= 4 is 11.9 Å². The molecule has 2 heterocycles. The summed E-state index contributed by atoms with van der Waals surface area (Å²) in [4.78, 5) is 30.3. The Bertz CT molecular complexity index is 735. The molecule has 186 valence electrons. The number of nitrogens with one attached hydrogen (secondary N) is 1. The van der Waals surface area contributed by atoms with Gasteiger partial charge in [0.25, 0.3) is 0 Å². The van der Waals surface area contributed by atoms with E-state index < -0.39 is 5.60 Å². The molecule has 33 heavy (non-hydrogen) atoms. The highest BCUT2D eigenvalue weighted by molar-refractivity contribution is 5.77. The monoisotopic (exact) mass is 463 g/mol. The summed E-state index contributed by atoms with van der Waals surface area (Å²) in [5.41, 5.74) is 2.04. The summed E-state index contributed by atoms with van der Waals surface area (Å²) >= 11 is 0. The third-order valence-corrected chi connectivity index (χ3v) is 5.38. The Hall–Kier alpha value is -2.03. The van der Waals surface area contributed by atoms with Gasteiger partial charge in [-0.05, 0) is 77.6 Å². The van der Waals surface area contributed by atoms with Crippen molar-refractivity contribution in [1.82, 2.24) is 15.2 Å². The number of hydrogen-bond acceptors (Lipinski definition) is 7. The van der Waals surface area contributed by atoms with Gasteiger partial charge in [-0.15, -0.1) is 0 Å². The number of nitrogens with zero attached hydrogens (tertiary/aromatic N) is 2. The Morgan fingerprint density at radius 1 is 1.15 bits per heavy atom. The lowest BCUT2D eigenvalue weighted by Gasteiger charge is -2.19. The molecule has 0 unspecified atom stereocenters.